The molecule has 3 aliphatic rings. The van der Waals surface area contributed by atoms with Gasteiger partial charge in [-0.2, -0.15) is 0 Å². The zero-order chi connectivity index (χ0) is 22.3. The number of hydrogen-bond acceptors (Lipinski definition) is 5. The third-order valence-corrected chi connectivity index (χ3v) is 8.35. The van der Waals surface area contributed by atoms with E-state index in [0.717, 1.165) is 66.5 Å². The van der Waals surface area contributed by atoms with Crippen LogP contribution in [0.1, 0.15) is 73.7 Å². The number of rotatable bonds is 5. The molecule has 0 unspecified atom stereocenters. The number of aliphatic carboxylic acids is 1. The fraction of sp³-hybridized carbons (Fsp3) is 0.625. The van der Waals surface area contributed by atoms with Crippen molar-refractivity contribution >= 4 is 34.2 Å². The lowest BCUT2D eigenvalue weighted by Crippen LogP contribution is -2.38. The number of fused-ring (bicyclic) bond motifs is 3. The summed E-state index contributed by atoms with van der Waals surface area (Å²) in [4.78, 5) is 39.5. The zero-order valence-corrected chi connectivity index (χ0v) is 19.3. The predicted octanol–water partition coefficient (Wildman–Crippen LogP) is 4.83. The largest absolute Gasteiger partial charge is 0.481 e. The molecule has 1 aromatic rings. The van der Waals surface area contributed by atoms with Crippen molar-refractivity contribution in [3.05, 3.63) is 27.2 Å². The van der Waals surface area contributed by atoms with Crippen LogP contribution in [-0.2, 0) is 27.2 Å². The highest BCUT2D eigenvalue weighted by Crippen LogP contribution is 2.57. The monoisotopic (exact) mass is 445 g/mol. The summed E-state index contributed by atoms with van der Waals surface area (Å²) in [6.45, 7) is 6.06. The Labute approximate surface area is 187 Å². The lowest BCUT2D eigenvalue weighted by atomic mass is 9.78. The van der Waals surface area contributed by atoms with E-state index in [0.29, 0.717) is 10.6 Å². The molecular weight excluding hydrogens is 414 g/mol. The number of anilines is 1. The molecule has 1 aromatic heterocycles. The second-order valence-electron chi connectivity index (χ2n) is 9.11. The molecule has 2 fully saturated rings. The molecule has 0 spiro atoms. The first kappa shape index (κ1) is 22.1. The number of ether oxygens (including phenoxy) is 1. The molecule has 0 saturated heterocycles. The van der Waals surface area contributed by atoms with Crippen molar-refractivity contribution in [1.29, 1.82) is 0 Å². The molecule has 3 aliphatic carbocycles. The van der Waals surface area contributed by atoms with Crippen LogP contribution >= 0.6 is 11.3 Å². The fourth-order valence-corrected chi connectivity index (χ4v) is 7.33. The Kier molecular flexibility index (Phi) is 6.24. The number of amides is 1. The van der Waals surface area contributed by atoms with E-state index in [1.54, 1.807) is 6.92 Å². The van der Waals surface area contributed by atoms with Gasteiger partial charge in [0.05, 0.1) is 24.0 Å². The Bertz CT molecular complexity index is 942. The van der Waals surface area contributed by atoms with Crippen LogP contribution in [0.3, 0.4) is 0 Å². The number of carboxylic acids is 1. The fourth-order valence-electron chi connectivity index (χ4n) is 6.05. The van der Waals surface area contributed by atoms with Crippen molar-refractivity contribution in [3.63, 3.8) is 0 Å². The van der Waals surface area contributed by atoms with Gasteiger partial charge in [0.1, 0.15) is 5.00 Å². The zero-order valence-electron chi connectivity index (χ0n) is 18.5. The highest BCUT2D eigenvalue weighted by atomic mass is 32.1. The Hall–Kier alpha value is -2.15. The van der Waals surface area contributed by atoms with Gasteiger partial charge >= 0.3 is 11.9 Å². The number of esters is 1. The highest BCUT2D eigenvalue weighted by molar-refractivity contribution is 7.17. The second-order valence-corrected chi connectivity index (χ2v) is 10.2. The summed E-state index contributed by atoms with van der Waals surface area (Å²) >= 11 is 1.46. The minimum absolute atomic E-state index is 0.0278. The number of hydrogen-bond donors (Lipinski definition) is 2. The molecule has 2 saturated carbocycles. The molecule has 0 aliphatic heterocycles. The summed E-state index contributed by atoms with van der Waals surface area (Å²) in [5, 5.41) is 13.4. The average molecular weight is 446 g/mol. The normalized spacial score (nSPS) is 26.9. The maximum atomic E-state index is 13.5. The van der Waals surface area contributed by atoms with Gasteiger partial charge in [0.2, 0.25) is 5.91 Å². The SMILES string of the molecule is CCOC(=O)c1c(NC(=O)[C@H]2[C@@H](C(=O)O)[C@@H]3CC[C@@H]2C3=C(C)C)sc2c1CCCCC2. The van der Waals surface area contributed by atoms with Crippen LogP contribution in [0.2, 0.25) is 0 Å². The Morgan fingerprint density at radius 3 is 2.39 bits per heavy atom. The second kappa shape index (κ2) is 8.77. The quantitative estimate of drug-likeness (QED) is 0.385. The van der Waals surface area contributed by atoms with Crippen LogP contribution in [0.5, 0.6) is 0 Å². The van der Waals surface area contributed by atoms with E-state index in [1.165, 1.54) is 11.3 Å². The Morgan fingerprint density at radius 1 is 1.06 bits per heavy atom. The van der Waals surface area contributed by atoms with Gasteiger partial charge in [-0.25, -0.2) is 4.79 Å². The van der Waals surface area contributed by atoms with Crippen LogP contribution in [0.25, 0.3) is 0 Å². The topological polar surface area (TPSA) is 92.7 Å². The summed E-state index contributed by atoms with van der Waals surface area (Å²) in [7, 11) is 0. The highest BCUT2D eigenvalue weighted by Gasteiger charge is 2.57. The van der Waals surface area contributed by atoms with Crippen LogP contribution < -0.4 is 5.32 Å². The number of carbonyl (C=O) groups is 3. The average Bonchev–Trinajstić information content (AvgIpc) is 3.32. The number of allylic oxidation sites excluding steroid dienone is 2. The van der Waals surface area contributed by atoms with Crippen molar-refractivity contribution < 1.29 is 24.2 Å². The third kappa shape index (κ3) is 3.81. The standard InChI is InChI=1S/C24H31NO5S/c1-4-30-24(29)20-13-8-6-5-7-9-16(13)31-22(20)25-21(26)18-14-10-11-15(17(14)12(2)3)19(18)23(27)28/h14-15,18-19H,4-11H2,1-3H3,(H,25,26)(H,27,28)/t14-,15-,18-,19+/m1/s1. The lowest BCUT2D eigenvalue weighted by Gasteiger charge is -2.26. The minimum atomic E-state index is -0.904. The van der Waals surface area contributed by atoms with Gasteiger partial charge in [0, 0.05) is 4.88 Å². The molecule has 1 heterocycles. The molecule has 2 N–H and O–H groups in total. The van der Waals surface area contributed by atoms with E-state index >= 15 is 0 Å². The minimum Gasteiger partial charge on any atom is -0.481 e. The lowest BCUT2D eigenvalue weighted by molar-refractivity contribution is -0.148. The van der Waals surface area contributed by atoms with Gasteiger partial charge in [-0.1, -0.05) is 17.6 Å². The molecule has 4 rings (SSSR count). The van der Waals surface area contributed by atoms with E-state index in [9.17, 15) is 19.5 Å². The first-order valence-electron chi connectivity index (χ1n) is 11.4. The molecule has 6 nitrogen and oxygen atoms in total. The van der Waals surface area contributed by atoms with E-state index < -0.39 is 23.8 Å². The number of nitrogens with one attached hydrogen (secondary N) is 1. The third-order valence-electron chi connectivity index (χ3n) is 7.14. The molecule has 4 atom stereocenters. The van der Waals surface area contributed by atoms with Gasteiger partial charge < -0.3 is 15.2 Å². The summed E-state index contributed by atoms with van der Waals surface area (Å²) in [5.74, 6) is -2.97. The van der Waals surface area contributed by atoms with Crippen LogP contribution in [0.4, 0.5) is 5.00 Å². The maximum absolute atomic E-state index is 13.5. The summed E-state index contributed by atoms with van der Waals surface area (Å²) < 4.78 is 5.31. The first-order valence-corrected chi connectivity index (χ1v) is 12.2. The van der Waals surface area contributed by atoms with E-state index in [1.807, 2.05) is 13.8 Å². The van der Waals surface area contributed by atoms with Crippen LogP contribution in [-0.4, -0.2) is 29.6 Å². The molecule has 2 bridgehead atoms. The Morgan fingerprint density at radius 2 is 1.74 bits per heavy atom. The first-order chi connectivity index (χ1) is 14.8. The summed E-state index contributed by atoms with van der Waals surface area (Å²) in [6.07, 6.45) is 6.59. The number of aryl methyl sites for hydroxylation is 1. The van der Waals surface area contributed by atoms with E-state index in [4.69, 9.17) is 4.74 Å². The summed E-state index contributed by atoms with van der Waals surface area (Å²) in [5.41, 5.74) is 3.77. The molecule has 7 heteroatoms. The van der Waals surface area contributed by atoms with E-state index in [2.05, 4.69) is 5.32 Å². The smallest absolute Gasteiger partial charge is 0.341 e. The molecular formula is C24H31NO5S. The van der Waals surface area contributed by atoms with Gasteiger partial charge in [-0.05, 0) is 76.7 Å². The van der Waals surface area contributed by atoms with Crippen LogP contribution in [0, 0.1) is 23.7 Å². The van der Waals surface area contributed by atoms with Crippen molar-refractivity contribution in [1.82, 2.24) is 0 Å². The molecule has 168 valence electrons. The van der Waals surface area contributed by atoms with E-state index in [-0.39, 0.29) is 24.3 Å². The molecule has 31 heavy (non-hydrogen) atoms. The predicted molar refractivity (Wildman–Crippen MR) is 119 cm³/mol. The van der Waals surface area contributed by atoms with Crippen molar-refractivity contribution in [2.45, 2.75) is 65.7 Å². The maximum Gasteiger partial charge on any atom is 0.341 e. The van der Waals surface area contributed by atoms with Gasteiger partial charge in [-0.15, -0.1) is 11.3 Å². The van der Waals surface area contributed by atoms with Gasteiger partial charge in [0.25, 0.3) is 0 Å². The van der Waals surface area contributed by atoms with Crippen LogP contribution in [0.15, 0.2) is 11.1 Å². The molecule has 0 radical (unpaired) electrons. The number of carbonyl (C=O) groups excluding carboxylic acids is 2. The van der Waals surface area contributed by atoms with Gasteiger partial charge in [0.15, 0.2) is 0 Å². The molecule has 0 aromatic carbocycles. The van der Waals surface area contributed by atoms with Crippen molar-refractivity contribution in [3.8, 4) is 0 Å². The van der Waals surface area contributed by atoms with Crippen molar-refractivity contribution in [2.75, 3.05) is 11.9 Å². The Balaban J connectivity index is 1.68. The van der Waals surface area contributed by atoms with Gasteiger partial charge in [-0.3, -0.25) is 9.59 Å². The number of carboxylic acid groups (broad SMARTS) is 1. The van der Waals surface area contributed by atoms with Crippen molar-refractivity contribution in [2.24, 2.45) is 23.7 Å². The summed E-state index contributed by atoms with van der Waals surface area (Å²) in [6, 6.07) is 0. The molecule has 1 amide bonds. The number of thiophene rings is 1.